The van der Waals surface area contributed by atoms with Crippen molar-refractivity contribution in [1.29, 1.82) is 0 Å². The molecule has 0 bridgehead atoms. The zero-order chi connectivity index (χ0) is 24.6. The van der Waals surface area contributed by atoms with Crippen LogP contribution in [0.15, 0.2) is 35.4 Å². The van der Waals surface area contributed by atoms with Crippen LogP contribution < -0.4 is 5.32 Å². The number of fused-ring (bicyclic) bond motifs is 4. The first kappa shape index (κ1) is 24.2. The summed E-state index contributed by atoms with van der Waals surface area (Å²) in [4.78, 5) is 0. The molecule has 4 fully saturated rings. The number of aliphatic hydroxyl groups excluding tert-OH is 1. The third-order valence-corrected chi connectivity index (χ3v) is 10.3. The van der Waals surface area contributed by atoms with Gasteiger partial charge in [0.15, 0.2) is 5.79 Å². The second-order valence-corrected chi connectivity index (χ2v) is 13.4. The van der Waals surface area contributed by atoms with Crippen molar-refractivity contribution in [3.8, 4) is 0 Å². The van der Waals surface area contributed by atoms with Gasteiger partial charge in [0.05, 0.1) is 35.6 Å². The lowest BCUT2D eigenvalue weighted by molar-refractivity contribution is -0.322. The van der Waals surface area contributed by atoms with Crippen LogP contribution in [-0.4, -0.2) is 47.0 Å². The highest BCUT2D eigenvalue weighted by atomic mass is 35.5. The van der Waals surface area contributed by atoms with Crippen LogP contribution in [0.3, 0.4) is 0 Å². The molecule has 1 saturated heterocycles. The first-order valence-electron chi connectivity index (χ1n) is 13.5. The van der Waals surface area contributed by atoms with Crippen molar-refractivity contribution in [3.05, 3.63) is 40.4 Å². The Morgan fingerprint density at radius 2 is 1.77 bits per heavy atom. The molecule has 0 amide bonds. The Balaban J connectivity index is 1.38. The SMILES string of the molecule is CC1(C)COC2(CCC3=C4[C@@H](Nc5ccccc5Cl)C[C@]5(C)[C@@H](O)CC[C@H]5[C@@H]4CC[C@@]3(O)C2)OC1. The summed E-state index contributed by atoms with van der Waals surface area (Å²) >= 11 is 6.57. The lowest BCUT2D eigenvalue weighted by Crippen LogP contribution is -2.58. The fraction of sp³-hybridized carbons (Fsp3) is 0.724. The van der Waals surface area contributed by atoms with Crippen molar-refractivity contribution in [2.75, 3.05) is 18.5 Å². The molecule has 1 aromatic carbocycles. The highest BCUT2D eigenvalue weighted by Gasteiger charge is 2.60. The molecule has 4 aliphatic carbocycles. The monoisotopic (exact) mass is 501 g/mol. The van der Waals surface area contributed by atoms with Crippen LogP contribution >= 0.6 is 11.6 Å². The summed E-state index contributed by atoms with van der Waals surface area (Å²) in [6.45, 7) is 7.92. The largest absolute Gasteiger partial charge is 0.393 e. The summed E-state index contributed by atoms with van der Waals surface area (Å²) < 4.78 is 12.7. The maximum atomic E-state index is 12.2. The molecule has 6 heteroatoms. The number of aliphatic hydroxyl groups is 2. The van der Waals surface area contributed by atoms with Crippen molar-refractivity contribution in [1.82, 2.24) is 0 Å². The molecule has 0 radical (unpaired) electrons. The Bertz CT molecular complexity index is 1030. The Labute approximate surface area is 214 Å². The van der Waals surface area contributed by atoms with Gasteiger partial charge in [-0.3, -0.25) is 0 Å². The quantitative estimate of drug-likeness (QED) is 0.454. The summed E-state index contributed by atoms with van der Waals surface area (Å²) in [7, 11) is 0. The lowest BCUT2D eigenvalue weighted by atomic mass is 9.53. The van der Waals surface area contributed by atoms with E-state index in [0.29, 0.717) is 36.5 Å². The minimum Gasteiger partial charge on any atom is -0.393 e. The minimum absolute atomic E-state index is 0.00533. The number of nitrogens with one attached hydrogen (secondary N) is 1. The van der Waals surface area contributed by atoms with Crippen LogP contribution in [0.5, 0.6) is 0 Å². The molecule has 192 valence electrons. The number of benzene rings is 1. The molecule has 3 saturated carbocycles. The summed E-state index contributed by atoms with van der Waals surface area (Å²) in [5, 5.41) is 27.7. The van der Waals surface area contributed by atoms with Crippen LogP contribution in [0.1, 0.15) is 72.1 Å². The maximum absolute atomic E-state index is 12.2. The molecule has 35 heavy (non-hydrogen) atoms. The molecule has 6 rings (SSSR count). The van der Waals surface area contributed by atoms with E-state index in [-0.39, 0.29) is 23.0 Å². The fourth-order valence-electron chi connectivity index (χ4n) is 8.12. The first-order chi connectivity index (χ1) is 16.5. The predicted molar refractivity (Wildman–Crippen MR) is 137 cm³/mol. The third kappa shape index (κ3) is 3.88. The van der Waals surface area contributed by atoms with Crippen molar-refractivity contribution >= 4 is 17.3 Å². The highest BCUT2D eigenvalue weighted by molar-refractivity contribution is 6.33. The second kappa shape index (κ2) is 8.19. The van der Waals surface area contributed by atoms with Crippen LogP contribution in [0.4, 0.5) is 5.69 Å². The summed E-state index contributed by atoms with van der Waals surface area (Å²) in [5.41, 5.74) is 2.47. The van der Waals surface area contributed by atoms with Gasteiger partial charge in [-0.25, -0.2) is 0 Å². The molecule has 3 N–H and O–H groups in total. The van der Waals surface area contributed by atoms with E-state index in [1.165, 1.54) is 11.1 Å². The summed E-state index contributed by atoms with van der Waals surface area (Å²) in [6.07, 6.45) is 6.23. The van der Waals surface area contributed by atoms with Crippen molar-refractivity contribution < 1.29 is 19.7 Å². The normalized spacial score (nSPS) is 41.8. The molecule has 6 atom stereocenters. The average molecular weight is 502 g/mol. The van der Waals surface area contributed by atoms with Gasteiger partial charge in [0, 0.05) is 24.3 Å². The van der Waals surface area contributed by atoms with Gasteiger partial charge in [-0.15, -0.1) is 0 Å². The Morgan fingerprint density at radius 3 is 2.51 bits per heavy atom. The number of ether oxygens (including phenoxy) is 2. The molecule has 1 heterocycles. The van der Waals surface area contributed by atoms with Gasteiger partial charge >= 0.3 is 0 Å². The molecule has 0 unspecified atom stereocenters. The average Bonchev–Trinajstić information content (AvgIpc) is 3.11. The van der Waals surface area contributed by atoms with Gasteiger partial charge in [-0.05, 0) is 79.1 Å². The Kier molecular flexibility index (Phi) is 5.67. The second-order valence-electron chi connectivity index (χ2n) is 13.0. The van der Waals surface area contributed by atoms with E-state index < -0.39 is 11.4 Å². The number of hydrogen-bond acceptors (Lipinski definition) is 5. The number of halogens is 1. The van der Waals surface area contributed by atoms with E-state index in [0.717, 1.165) is 50.6 Å². The highest BCUT2D eigenvalue weighted by Crippen LogP contribution is 2.62. The van der Waals surface area contributed by atoms with E-state index in [2.05, 4.69) is 26.1 Å². The zero-order valence-electron chi connectivity index (χ0n) is 21.3. The van der Waals surface area contributed by atoms with E-state index in [1.54, 1.807) is 0 Å². The lowest BCUT2D eigenvalue weighted by Gasteiger charge is -2.57. The summed E-state index contributed by atoms with van der Waals surface area (Å²) in [6, 6.07) is 7.93. The van der Waals surface area contributed by atoms with Gasteiger partial charge in [-0.2, -0.15) is 0 Å². The van der Waals surface area contributed by atoms with E-state index in [4.69, 9.17) is 21.1 Å². The van der Waals surface area contributed by atoms with E-state index in [9.17, 15) is 10.2 Å². The third-order valence-electron chi connectivity index (χ3n) is 10.0. The minimum atomic E-state index is -0.906. The molecule has 0 aromatic heterocycles. The standard InChI is InChI=1S/C29H40ClNO4/c1-26(2)16-34-29(35-17-26)13-11-20-25-18(10-12-28(20,33)15-29)19-8-9-24(32)27(19,3)14-23(25)31-22-7-5-4-6-21(22)30/h4-7,18-19,23-24,31-33H,8-17H2,1-3H3/t18-,19-,23-,24-,27-,28+/m0/s1. The Morgan fingerprint density at radius 1 is 1.03 bits per heavy atom. The van der Waals surface area contributed by atoms with Gasteiger partial charge in [0.1, 0.15) is 0 Å². The number of anilines is 1. The molecular weight excluding hydrogens is 462 g/mol. The molecule has 5 nitrogen and oxygen atoms in total. The van der Waals surface area contributed by atoms with Crippen LogP contribution in [0.2, 0.25) is 5.02 Å². The maximum Gasteiger partial charge on any atom is 0.171 e. The number of rotatable bonds is 2. The van der Waals surface area contributed by atoms with Crippen LogP contribution in [-0.2, 0) is 9.47 Å². The van der Waals surface area contributed by atoms with Crippen LogP contribution in [0, 0.1) is 22.7 Å². The first-order valence-corrected chi connectivity index (χ1v) is 13.8. The smallest absolute Gasteiger partial charge is 0.171 e. The molecule has 1 spiro atoms. The van der Waals surface area contributed by atoms with Crippen molar-refractivity contribution in [2.45, 2.75) is 95.7 Å². The van der Waals surface area contributed by atoms with E-state index >= 15 is 0 Å². The number of para-hydroxylation sites is 1. The van der Waals surface area contributed by atoms with Gasteiger partial charge in [0.2, 0.25) is 0 Å². The van der Waals surface area contributed by atoms with Gasteiger partial charge in [0.25, 0.3) is 0 Å². The molecule has 1 aliphatic heterocycles. The topological polar surface area (TPSA) is 71.0 Å². The molecule has 1 aromatic rings. The van der Waals surface area contributed by atoms with Gasteiger partial charge < -0.3 is 25.0 Å². The van der Waals surface area contributed by atoms with E-state index in [1.807, 2.05) is 24.3 Å². The van der Waals surface area contributed by atoms with Crippen molar-refractivity contribution in [3.63, 3.8) is 0 Å². The Hall–Kier alpha value is -1.11. The predicted octanol–water partition coefficient (Wildman–Crippen LogP) is 5.69. The zero-order valence-corrected chi connectivity index (χ0v) is 22.0. The number of hydrogen-bond donors (Lipinski definition) is 3. The van der Waals surface area contributed by atoms with Crippen molar-refractivity contribution in [2.24, 2.45) is 22.7 Å². The molecular formula is C29H40ClNO4. The summed E-state index contributed by atoms with van der Waals surface area (Å²) in [5.74, 6) is 0.148. The van der Waals surface area contributed by atoms with Gasteiger partial charge in [-0.1, -0.05) is 44.5 Å². The van der Waals surface area contributed by atoms with Crippen LogP contribution in [0.25, 0.3) is 0 Å². The fourth-order valence-corrected chi connectivity index (χ4v) is 8.31. The molecule has 5 aliphatic rings.